The molecule has 15 heavy (non-hydrogen) atoms. The van der Waals surface area contributed by atoms with Crippen molar-refractivity contribution in [3.8, 4) is 0 Å². The van der Waals surface area contributed by atoms with E-state index >= 15 is 0 Å². The van der Waals surface area contributed by atoms with Crippen molar-refractivity contribution in [1.82, 2.24) is 0 Å². The third kappa shape index (κ3) is 2.50. The first-order valence-corrected chi connectivity index (χ1v) is 7.12. The van der Waals surface area contributed by atoms with Gasteiger partial charge in [0.1, 0.15) is 7.80 Å². The van der Waals surface area contributed by atoms with Crippen LogP contribution in [0.3, 0.4) is 0 Å². The zero-order valence-electron chi connectivity index (χ0n) is 7.98. The van der Waals surface area contributed by atoms with Gasteiger partial charge in [0.2, 0.25) is 0 Å². The Hall–Kier alpha value is -0.600. The van der Waals surface area contributed by atoms with Crippen LogP contribution in [0.1, 0.15) is 0 Å². The van der Waals surface area contributed by atoms with Crippen LogP contribution in [0.15, 0.2) is 54.6 Å². The average molecular weight is 328 g/mol. The van der Waals surface area contributed by atoms with Gasteiger partial charge >= 0.3 is 0 Å². The molecule has 2 aromatic rings. The molecule has 0 spiro atoms. The molecule has 76 valence electrons. The Morgan fingerprint density at radius 3 is 2.13 bits per heavy atom. The van der Waals surface area contributed by atoms with Crippen LogP contribution >= 0.6 is 30.4 Å². The van der Waals surface area contributed by atoms with Crippen LogP contribution in [0.5, 0.6) is 0 Å². The summed E-state index contributed by atoms with van der Waals surface area (Å²) in [6.07, 6.45) is 0. The van der Waals surface area contributed by atoms with E-state index in [2.05, 4.69) is 22.6 Å². The first-order valence-electron chi connectivity index (χ1n) is 4.63. The van der Waals surface area contributed by atoms with Crippen LogP contribution in [0.2, 0.25) is 0 Å². The van der Waals surface area contributed by atoms with Gasteiger partial charge in [0.15, 0.2) is 0 Å². The fraction of sp³-hybridized carbons (Fsp3) is 0. The average Bonchev–Trinajstić information content (AvgIpc) is 2.30. The Balaban J connectivity index is 2.42. The minimum Gasteiger partial charge on any atom is -0.317 e. The van der Waals surface area contributed by atoms with Gasteiger partial charge in [-0.2, -0.15) is 0 Å². The van der Waals surface area contributed by atoms with Crippen molar-refractivity contribution >= 4 is 41.0 Å². The Bertz CT molecular complexity index is 482. The number of hydrogen-bond donors (Lipinski definition) is 0. The molecular weight excluding hydrogens is 318 g/mol. The molecule has 0 aromatic heterocycles. The highest BCUT2D eigenvalue weighted by Gasteiger charge is 2.08. The Morgan fingerprint density at radius 1 is 0.867 bits per heavy atom. The molecule has 0 amide bonds. The Morgan fingerprint density at radius 2 is 1.47 bits per heavy atom. The lowest BCUT2D eigenvalue weighted by Gasteiger charge is -2.04. The molecule has 2 rings (SSSR count). The second kappa shape index (κ2) is 4.95. The maximum atomic E-state index is 12.2. The lowest BCUT2D eigenvalue weighted by molar-refractivity contribution is 0.598. The molecule has 0 aliphatic rings. The van der Waals surface area contributed by atoms with E-state index in [9.17, 15) is 4.57 Å². The van der Waals surface area contributed by atoms with E-state index < -0.39 is 7.80 Å². The highest BCUT2D eigenvalue weighted by Crippen LogP contribution is 2.22. The monoisotopic (exact) mass is 328 g/mol. The summed E-state index contributed by atoms with van der Waals surface area (Å²) in [6.45, 7) is 0. The summed E-state index contributed by atoms with van der Waals surface area (Å²) in [5, 5.41) is 1.88. The normalized spacial score (nSPS) is 12.3. The van der Waals surface area contributed by atoms with E-state index in [0.29, 0.717) is 0 Å². The minimum atomic E-state index is -1.83. The third-order valence-corrected chi connectivity index (χ3v) is 5.39. The predicted octanol–water partition coefficient (Wildman–Crippen LogP) is 2.80. The van der Waals surface area contributed by atoms with Crippen molar-refractivity contribution in [1.29, 1.82) is 0 Å². The Labute approximate surface area is 103 Å². The molecule has 1 nitrogen and oxygen atoms in total. The van der Waals surface area contributed by atoms with E-state index in [4.69, 9.17) is 0 Å². The zero-order chi connectivity index (χ0) is 10.7. The molecule has 0 N–H and O–H groups in total. The maximum Gasteiger partial charge on any atom is 0.132 e. The fourth-order valence-electron chi connectivity index (χ4n) is 1.39. The van der Waals surface area contributed by atoms with Gasteiger partial charge in [-0.3, -0.25) is 0 Å². The van der Waals surface area contributed by atoms with Gasteiger partial charge in [0.05, 0.1) is 0 Å². The lowest BCUT2D eigenvalue weighted by Crippen LogP contribution is -2.08. The highest BCUT2D eigenvalue weighted by molar-refractivity contribution is 14.1. The molecule has 0 radical (unpaired) electrons. The molecule has 0 heterocycles. The first-order chi connectivity index (χ1) is 7.29. The van der Waals surface area contributed by atoms with Crippen molar-refractivity contribution in [3.05, 3.63) is 58.2 Å². The smallest absolute Gasteiger partial charge is 0.132 e. The zero-order valence-corrected chi connectivity index (χ0v) is 11.1. The third-order valence-electron chi connectivity index (χ3n) is 2.15. The van der Waals surface area contributed by atoms with Gasteiger partial charge in [-0.15, -0.1) is 0 Å². The van der Waals surface area contributed by atoms with Crippen LogP contribution < -0.4 is 10.6 Å². The molecule has 2 aromatic carbocycles. The number of hydrogen-bond acceptors (Lipinski definition) is 1. The second-order valence-electron chi connectivity index (χ2n) is 3.17. The standard InChI is InChI=1S/C12H10IOP/c13-11-8-4-5-9-12(11)15(14)10-6-2-1-3-7-10/h1-9,15H. The van der Waals surface area contributed by atoms with Gasteiger partial charge in [0, 0.05) is 14.2 Å². The van der Waals surface area contributed by atoms with E-state index in [1.54, 1.807) is 0 Å². The molecule has 3 heteroatoms. The van der Waals surface area contributed by atoms with E-state index in [-0.39, 0.29) is 0 Å². The number of benzene rings is 2. The van der Waals surface area contributed by atoms with Crippen molar-refractivity contribution in [3.63, 3.8) is 0 Å². The Kier molecular flexibility index (Phi) is 3.60. The quantitative estimate of drug-likeness (QED) is 0.612. The molecule has 0 bridgehead atoms. The van der Waals surface area contributed by atoms with Gasteiger partial charge in [-0.1, -0.05) is 48.5 Å². The second-order valence-corrected chi connectivity index (χ2v) is 6.11. The number of rotatable bonds is 2. The summed E-state index contributed by atoms with van der Waals surface area (Å²) in [7, 11) is -1.83. The van der Waals surface area contributed by atoms with E-state index in [1.165, 1.54) is 0 Å². The molecule has 0 fully saturated rings. The van der Waals surface area contributed by atoms with Gasteiger partial charge in [-0.25, -0.2) is 0 Å². The van der Waals surface area contributed by atoms with Crippen LogP contribution in [0.4, 0.5) is 0 Å². The van der Waals surface area contributed by atoms with Crippen molar-refractivity contribution < 1.29 is 4.57 Å². The summed E-state index contributed by atoms with van der Waals surface area (Å²) < 4.78 is 13.3. The number of halogens is 1. The van der Waals surface area contributed by atoms with Crippen molar-refractivity contribution in [2.24, 2.45) is 0 Å². The highest BCUT2D eigenvalue weighted by atomic mass is 127. The summed E-state index contributed by atoms with van der Waals surface area (Å²) in [5.74, 6) is 0. The summed E-state index contributed by atoms with van der Waals surface area (Å²) in [6, 6.07) is 17.5. The van der Waals surface area contributed by atoms with Crippen LogP contribution in [0.25, 0.3) is 0 Å². The molecular formula is C12H10IOP. The summed E-state index contributed by atoms with van der Waals surface area (Å²) in [5.41, 5.74) is 0. The fourth-order valence-corrected chi connectivity index (χ4v) is 3.87. The molecule has 0 saturated heterocycles. The molecule has 0 aliphatic carbocycles. The van der Waals surface area contributed by atoms with E-state index in [0.717, 1.165) is 14.2 Å². The molecule has 0 saturated carbocycles. The molecule has 1 atom stereocenters. The topological polar surface area (TPSA) is 17.1 Å². The van der Waals surface area contributed by atoms with Gasteiger partial charge in [-0.05, 0) is 28.7 Å². The maximum absolute atomic E-state index is 12.2. The van der Waals surface area contributed by atoms with Gasteiger partial charge < -0.3 is 4.57 Å². The van der Waals surface area contributed by atoms with Crippen LogP contribution in [-0.4, -0.2) is 0 Å². The SMILES string of the molecule is O=[PH](c1ccccc1)c1ccccc1I. The minimum absolute atomic E-state index is 0.923. The largest absolute Gasteiger partial charge is 0.317 e. The lowest BCUT2D eigenvalue weighted by atomic mass is 10.4. The molecule has 1 unspecified atom stereocenters. The van der Waals surface area contributed by atoms with Crippen LogP contribution in [-0.2, 0) is 4.57 Å². The van der Waals surface area contributed by atoms with Crippen molar-refractivity contribution in [2.75, 3.05) is 0 Å². The first kappa shape index (κ1) is 10.9. The summed E-state index contributed by atoms with van der Waals surface area (Å²) >= 11 is 2.23. The van der Waals surface area contributed by atoms with Gasteiger partial charge in [0.25, 0.3) is 0 Å². The summed E-state index contributed by atoms with van der Waals surface area (Å²) in [4.78, 5) is 0. The van der Waals surface area contributed by atoms with Crippen LogP contribution in [0, 0.1) is 3.57 Å². The predicted molar refractivity (Wildman–Crippen MR) is 73.9 cm³/mol. The van der Waals surface area contributed by atoms with Crippen molar-refractivity contribution in [2.45, 2.75) is 0 Å². The molecule has 0 aliphatic heterocycles. The van der Waals surface area contributed by atoms with E-state index in [1.807, 2.05) is 54.6 Å².